The highest BCUT2D eigenvalue weighted by Gasteiger charge is 2.29. The van der Waals surface area contributed by atoms with Gasteiger partial charge in [-0.1, -0.05) is 26.7 Å². The largest absolute Gasteiger partial charge is 0.379 e. The smallest absolute Gasteiger partial charge is 0.191 e. The first-order valence-corrected chi connectivity index (χ1v) is 10.6. The van der Waals surface area contributed by atoms with Gasteiger partial charge in [0.25, 0.3) is 0 Å². The molecule has 0 radical (unpaired) electrons. The van der Waals surface area contributed by atoms with Gasteiger partial charge in [-0.05, 0) is 32.7 Å². The Kier molecular flexibility index (Phi) is 12.2. The summed E-state index contributed by atoms with van der Waals surface area (Å²) < 4.78 is 5.55. The molecule has 0 aromatic rings. The van der Waals surface area contributed by atoms with Crippen molar-refractivity contribution in [2.45, 2.75) is 64.6 Å². The molecular weight excluding hydrogens is 453 g/mol. The fraction of sp³-hybridized carbons (Fsp3) is 0.950. The minimum atomic E-state index is 0. The van der Waals surface area contributed by atoms with Crippen LogP contribution in [0.3, 0.4) is 0 Å². The molecule has 2 N–H and O–H groups in total. The third-order valence-electron chi connectivity index (χ3n) is 6.19. The van der Waals surface area contributed by atoms with Crippen molar-refractivity contribution >= 4 is 29.9 Å². The molecule has 0 bridgehead atoms. The summed E-state index contributed by atoms with van der Waals surface area (Å²) in [6.07, 6.45) is 5.14. The first kappa shape index (κ1) is 24.9. The number of likely N-dealkylation sites (N-methyl/N-ethyl adjacent to an activating group) is 1. The fourth-order valence-electron chi connectivity index (χ4n) is 3.99. The molecular formula is C20H42IN5O. The molecule has 0 amide bonds. The highest BCUT2D eigenvalue weighted by Crippen LogP contribution is 2.26. The number of nitrogens with zero attached hydrogens (tertiary/aromatic N) is 3. The molecule has 2 unspecified atom stereocenters. The summed E-state index contributed by atoms with van der Waals surface area (Å²) >= 11 is 0. The van der Waals surface area contributed by atoms with E-state index >= 15 is 0 Å². The van der Waals surface area contributed by atoms with Gasteiger partial charge >= 0.3 is 0 Å². The zero-order valence-corrected chi connectivity index (χ0v) is 20.4. The highest BCUT2D eigenvalue weighted by molar-refractivity contribution is 14.0. The SMILES string of the molecule is CCC(CC)C(CNC(=NC)NCC(C)N(C)C1CC1)N1CCOCC1.I. The molecule has 1 aliphatic heterocycles. The monoisotopic (exact) mass is 495 g/mol. The van der Waals surface area contributed by atoms with Crippen molar-refractivity contribution in [2.24, 2.45) is 10.9 Å². The Bertz CT molecular complexity index is 423. The summed E-state index contributed by atoms with van der Waals surface area (Å²) in [5, 5.41) is 7.11. The van der Waals surface area contributed by atoms with E-state index in [9.17, 15) is 0 Å². The zero-order valence-electron chi connectivity index (χ0n) is 18.0. The molecule has 0 aromatic carbocycles. The molecule has 6 nitrogen and oxygen atoms in total. The van der Waals surface area contributed by atoms with Gasteiger partial charge in [-0.2, -0.15) is 0 Å². The molecule has 2 aliphatic rings. The Hall–Kier alpha value is -0.120. The van der Waals surface area contributed by atoms with Gasteiger partial charge in [0.2, 0.25) is 0 Å². The van der Waals surface area contributed by atoms with Gasteiger partial charge < -0.3 is 15.4 Å². The topological polar surface area (TPSA) is 52.1 Å². The van der Waals surface area contributed by atoms with Gasteiger partial charge in [0.15, 0.2) is 5.96 Å². The minimum absolute atomic E-state index is 0. The summed E-state index contributed by atoms with van der Waals surface area (Å²) in [6, 6.07) is 1.86. The first-order chi connectivity index (χ1) is 12.6. The summed E-state index contributed by atoms with van der Waals surface area (Å²) in [5.74, 6) is 1.63. The van der Waals surface area contributed by atoms with Gasteiger partial charge in [-0.25, -0.2) is 0 Å². The molecule has 2 atom stereocenters. The number of hydrogen-bond donors (Lipinski definition) is 2. The predicted octanol–water partition coefficient (Wildman–Crippen LogP) is 2.39. The lowest BCUT2D eigenvalue weighted by atomic mass is 9.92. The lowest BCUT2D eigenvalue weighted by molar-refractivity contribution is 0.00271. The molecule has 1 aliphatic carbocycles. The summed E-state index contributed by atoms with van der Waals surface area (Å²) in [4.78, 5) is 9.53. The number of rotatable bonds is 10. The quantitative estimate of drug-likeness (QED) is 0.277. The number of ether oxygens (including phenoxy) is 1. The fourth-order valence-corrected chi connectivity index (χ4v) is 3.99. The van der Waals surface area contributed by atoms with E-state index in [1.807, 2.05) is 7.05 Å². The van der Waals surface area contributed by atoms with Crippen molar-refractivity contribution in [1.82, 2.24) is 20.4 Å². The molecule has 7 heteroatoms. The zero-order chi connectivity index (χ0) is 18.9. The average molecular weight is 495 g/mol. The van der Waals surface area contributed by atoms with E-state index < -0.39 is 0 Å². The Morgan fingerprint density at radius 2 is 1.74 bits per heavy atom. The number of nitrogens with one attached hydrogen (secondary N) is 2. The van der Waals surface area contributed by atoms with Crippen LogP contribution in [0.15, 0.2) is 4.99 Å². The van der Waals surface area contributed by atoms with Crippen molar-refractivity contribution in [3.05, 3.63) is 0 Å². The van der Waals surface area contributed by atoms with Gasteiger partial charge in [-0.15, -0.1) is 24.0 Å². The maximum atomic E-state index is 5.55. The van der Waals surface area contributed by atoms with Crippen LogP contribution >= 0.6 is 24.0 Å². The van der Waals surface area contributed by atoms with Crippen molar-refractivity contribution in [3.8, 4) is 0 Å². The second-order valence-corrected chi connectivity index (χ2v) is 7.87. The maximum Gasteiger partial charge on any atom is 0.191 e. The maximum absolute atomic E-state index is 5.55. The molecule has 2 fully saturated rings. The third kappa shape index (κ3) is 8.03. The molecule has 1 saturated carbocycles. The van der Waals surface area contributed by atoms with Crippen LogP contribution in [0.5, 0.6) is 0 Å². The Morgan fingerprint density at radius 1 is 1.15 bits per heavy atom. The number of halogens is 1. The summed E-state index contributed by atoms with van der Waals surface area (Å²) in [7, 11) is 4.10. The van der Waals surface area contributed by atoms with Crippen LogP contribution in [0.1, 0.15) is 46.5 Å². The highest BCUT2D eigenvalue weighted by atomic mass is 127. The summed E-state index contributed by atoms with van der Waals surface area (Å²) in [5.41, 5.74) is 0. The number of aliphatic imine (C=N–C) groups is 1. The number of hydrogen-bond acceptors (Lipinski definition) is 4. The van der Waals surface area contributed by atoms with E-state index in [1.165, 1.54) is 25.7 Å². The van der Waals surface area contributed by atoms with E-state index in [-0.39, 0.29) is 24.0 Å². The molecule has 0 aromatic heterocycles. The molecule has 160 valence electrons. The lowest BCUT2D eigenvalue weighted by Crippen LogP contribution is -2.54. The Labute approximate surface area is 183 Å². The molecule has 27 heavy (non-hydrogen) atoms. The van der Waals surface area contributed by atoms with E-state index in [1.54, 1.807) is 0 Å². The molecule has 1 saturated heterocycles. The second kappa shape index (κ2) is 13.2. The molecule has 1 heterocycles. The van der Waals surface area contributed by atoms with Gasteiger partial charge in [-0.3, -0.25) is 14.8 Å². The Morgan fingerprint density at radius 3 is 2.26 bits per heavy atom. The van der Waals surface area contributed by atoms with E-state index in [2.05, 4.69) is 53.2 Å². The van der Waals surface area contributed by atoms with Crippen LogP contribution in [-0.2, 0) is 4.74 Å². The van der Waals surface area contributed by atoms with Crippen LogP contribution in [0, 0.1) is 5.92 Å². The van der Waals surface area contributed by atoms with Crippen LogP contribution in [0.2, 0.25) is 0 Å². The van der Waals surface area contributed by atoms with Crippen LogP contribution in [-0.4, -0.2) is 87.4 Å². The van der Waals surface area contributed by atoms with Gasteiger partial charge in [0.05, 0.1) is 13.2 Å². The minimum Gasteiger partial charge on any atom is -0.379 e. The Balaban J connectivity index is 0.00000364. The second-order valence-electron chi connectivity index (χ2n) is 7.87. The van der Waals surface area contributed by atoms with Crippen LogP contribution in [0.25, 0.3) is 0 Å². The van der Waals surface area contributed by atoms with Gasteiger partial charge in [0, 0.05) is 51.4 Å². The van der Waals surface area contributed by atoms with Crippen molar-refractivity contribution in [2.75, 3.05) is 53.5 Å². The van der Waals surface area contributed by atoms with Crippen molar-refractivity contribution in [1.29, 1.82) is 0 Å². The normalized spacial score (nSPS) is 21.1. The predicted molar refractivity (Wildman–Crippen MR) is 125 cm³/mol. The number of morpholine rings is 1. The molecule has 0 spiro atoms. The average Bonchev–Trinajstić information content (AvgIpc) is 3.52. The van der Waals surface area contributed by atoms with Crippen LogP contribution < -0.4 is 10.6 Å². The third-order valence-corrected chi connectivity index (χ3v) is 6.19. The summed E-state index contributed by atoms with van der Waals surface area (Å²) in [6.45, 7) is 12.6. The van der Waals surface area contributed by atoms with E-state index in [4.69, 9.17) is 4.74 Å². The van der Waals surface area contributed by atoms with E-state index in [0.717, 1.165) is 51.4 Å². The van der Waals surface area contributed by atoms with Gasteiger partial charge in [0.1, 0.15) is 0 Å². The number of guanidine groups is 1. The first-order valence-electron chi connectivity index (χ1n) is 10.6. The lowest BCUT2D eigenvalue weighted by Gasteiger charge is -2.39. The van der Waals surface area contributed by atoms with Crippen LogP contribution in [0.4, 0.5) is 0 Å². The molecule has 2 rings (SSSR count). The standard InChI is InChI=1S/C20H41N5O.HI/c1-6-17(7-2)19(25-10-12-26-13-11-25)15-23-20(21-4)22-14-16(3)24(5)18-8-9-18;/h16-19H,6-15H2,1-5H3,(H2,21,22,23);1H. The van der Waals surface area contributed by atoms with Crippen molar-refractivity contribution in [3.63, 3.8) is 0 Å². The van der Waals surface area contributed by atoms with Crippen molar-refractivity contribution < 1.29 is 4.74 Å². The van der Waals surface area contributed by atoms with E-state index in [0.29, 0.717) is 18.0 Å².